The number of benzene rings is 1. The van der Waals surface area contributed by atoms with Gasteiger partial charge in [0.05, 0.1) is 12.6 Å². The maximum Gasteiger partial charge on any atom is 0.191 e. The van der Waals surface area contributed by atoms with Crippen LogP contribution in [0.3, 0.4) is 0 Å². The minimum absolute atomic E-state index is 0. The zero-order chi connectivity index (χ0) is 20.1. The van der Waals surface area contributed by atoms with Crippen LogP contribution in [0.25, 0.3) is 0 Å². The topological polar surface area (TPSA) is 63.1 Å². The number of piperazine rings is 3. The summed E-state index contributed by atoms with van der Waals surface area (Å²) < 4.78 is 0. The van der Waals surface area contributed by atoms with E-state index in [-0.39, 0.29) is 29.4 Å². The molecule has 0 spiro atoms. The Kier molecular flexibility index (Phi) is 9.18. The number of guanidine groups is 1. The second kappa shape index (κ2) is 10.9. The highest BCUT2D eigenvalue weighted by atomic mass is 127. The number of aliphatic hydroxyl groups excluding tert-OH is 1. The molecule has 2 unspecified atom stereocenters. The highest BCUT2D eigenvalue weighted by molar-refractivity contribution is 14.0. The van der Waals surface area contributed by atoms with Gasteiger partial charge in [-0.2, -0.15) is 0 Å². The lowest BCUT2D eigenvalue weighted by Crippen LogP contribution is -2.63. The maximum absolute atomic E-state index is 10.6. The number of nitrogens with one attached hydrogen (secondary N) is 2. The molecule has 3 fully saturated rings. The Morgan fingerprint density at radius 2 is 1.79 bits per heavy atom. The Bertz CT molecular complexity index is 650. The van der Waals surface area contributed by atoms with Crippen LogP contribution in [0.5, 0.6) is 0 Å². The third-order valence-electron chi connectivity index (χ3n) is 5.83. The van der Waals surface area contributed by atoms with Crippen LogP contribution in [0.15, 0.2) is 29.3 Å². The molecule has 0 aromatic heterocycles. The molecule has 0 radical (unpaired) electrons. The van der Waals surface area contributed by atoms with Crippen LogP contribution >= 0.6 is 24.0 Å². The molecule has 3 saturated heterocycles. The number of nitrogens with zero attached hydrogens (tertiary/aromatic N) is 3. The van der Waals surface area contributed by atoms with Gasteiger partial charge in [0, 0.05) is 51.9 Å². The van der Waals surface area contributed by atoms with E-state index in [0.717, 1.165) is 31.2 Å². The SMILES string of the molecule is CCNC(=NCC(O)c1ccc(C(C)(C)C)cc1)NCC1CN2CCN1CC2.I. The number of hydrogen-bond acceptors (Lipinski definition) is 4. The number of halogens is 1. The van der Waals surface area contributed by atoms with Crippen molar-refractivity contribution in [3.63, 3.8) is 0 Å². The second-order valence-electron chi connectivity index (χ2n) is 8.98. The summed E-state index contributed by atoms with van der Waals surface area (Å²) in [4.78, 5) is 9.73. The number of fused-ring (bicyclic) bond motifs is 3. The Morgan fingerprint density at radius 3 is 2.31 bits per heavy atom. The van der Waals surface area contributed by atoms with E-state index in [1.807, 2.05) is 12.1 Å². The Balaban J connectivity index is 0.00000300. The standard InChI is InChI=1S/C22H37N5O.HI/c1-5-23-21(24-14-19-16-26-10-12-27(19)13-11-26)25-15-20(28)17-6-8-18(9-7-17)22(2,3)4;/h6-9,19-20,28H,5,10-16H2,1-4H3,(H2,23,24,25);1H. The molecule has 1 aromatic rings. The molecule has 2 bridgehead atoms. The molecule has 7 heteroatoms. The van der Waals surface area contributed by atoms with Gasteiger partial charge in [0.25, 0.3) is 0 Å². The summed E-state index contributed by atoms with van der Waals surface area (Å²) in [5.41, 5.74) is 2.31. The molecule has 3 heterocycles. The Labute approximate surface area is 193 Å². The van der Waals surface area contributed by atoms with Gasteiger partial charge in [0.2, 0.25) is 0 Å². The molecule has 0 amide bonds. The molecule has 164 valence electrons. The van der Waals surface area contributed by atoms with Crippen molar-refractivity contribution in [3.8, 4) is 0 Å². The summed E-state index contributed by atoms with van der Waals surface area (Å²) in [6.45, 7) is 16.6. The van der Waals surface area contributed by atoms with E-state index in [0.29, 0.717) is 12.6 Å². The van der Waals surface area contributed by atoms with Crippen molar-refractivity contribution in [1.29, 1.82) is 0 Å². The molecular formula is C22H38IN5O. The maximum atomic E-state index is 10.6. The molecule has 6 nitrogen and oxygen atoms in total. The van der Waals surface area contributed by atoms with Crippen molar-refractivity contribution in [2.75, 3.05) is 52.4 Å². The van der Waals surface area contributed by atoms with Crippen molar-refractivity contribution in [1.82, 2.24) is 20.4 Å². The average molecular weight is 515 g/mol. The van der Waals surface area contributed by atoms with E-state index in [1.54, 1.807) is 0 Å². The van der Waals surface area contributed by atoms with Crippen molar-refractivity contribution in [2.45, 2.75) is 45.3 Å². The van der Waals surface area contributed by atoms with Gasteiger partial charge < -0.3 is 15.7 Å². The minimum atomic E-state index is -0.593. The summed E-state index contributed by atoms with van der Waals surface area (Å²) in [6.07, 6.45) is -0.593. The first-order valence-electron chi connectivity index (χ1n) is 10.6. The molecule has 0 aliphatic carbocycles. The van der Waals surface area contributed by atoms with E-state index >= 15 is 0 Å². The normalized spacial score (nSPS) is 25.3. The fourth-order valence-corrected chi connectivity index (χ4v) is 3.96. The summed E-state index contributed by atoms with van der Waals surface area (Å²) in [5, 5.41) is 17.3. The minimum Gasteiger partial charge on any atom is -0.386 e. The van der Waals surface area contributed by atoms with Crippen LogP contribution < -0.4 is 10.6 Å². The lowest BCUT2D eigenvalue weighted by molar-refractivity contribution is 0.0154. The second-order valence-corrected chi connectivity index (χ2v) is 8.98. The smallest absolute Gasteiger partial charge is 0.191 e. The van der Waals surface area contributed by atoms with E-state index in [4.69, 9.17) is 0 Å². The van der Waals surface area contributed by atoms with Gasteiger partial charge in [-0.25, -0.2) is 0 Å². The van der Waals surface area contributed by atoms with E-state index < -0.39 is 6.10 Å². The fraction of sp³-hybridized carbons (Fsp3) is 0.682. The van der Waals surface area contributed by atoms with E-state index in [2.05, 4.69) is 65.3 Å². The quantitative estimate of drug-likeness (QED) is 0.308. The molecule has 1 aromatic carbocycles. The van der Waals surface area contributed by atoms with Gasteiger partial charge in [-0.15, -0.1) is 24.0 Å². The summed E-state index contributed by atoms with van der Waals surface area (Å²) in [5.74, 6) is 0.783. The zero-order valence-electron chi connectivity index (χ0n) is 18.3. The lowest BCUT2D eigenvalue weighted by atomic mass is 9.86. The number of aliphatic hydroxyl groups is 1. The van der Waals surface area contributed by atoms with E-state index in [9.17, 15) is 5.11 Å². The van der Waals surface area contributed by atoms with E-state index in [1.165, 1.54) is 31.7 Å². The Hall–Kier alpha value is -0.900. The van der Waals surface area contributed by atoms with Gasteiger partial charge in [0.15, 0.2) is 5.96 Å². The van der Waals surface area contributed by atoms with Crippen LogP contribution in [0.1, 0.15) is 44.9 Å². The van der Waals surface area contributed by atoms with Crippen LogP contribution in [0.2, 0.25) is 0 Å². The first-order chi connectivity index (χ1) is 13.4. The van der Waals surface area contributed by atoms with Crippen LogP contribution in [-0.4, -0.2) is 79.3 Å². The first-order valence-corrected chi connectivity index (χ1v) is 10.6. The number of rotatable bonds is 6. The average Bonchev–Trinajstić information content (AvgIpc) is 2.70. The van der Waals surface area contributed by atoms with Crippen molar-refractivity contribution >= 4 is 29.9 Å². The van der Waals surface area contributed by atoms with Crippen LogP contribution in [-0.2, 0) is 5.41 Å². The number of hydrogen-bond donors (Lipinski definition) is 3. The monoisotopic (exact) mass is 515 g/mol. The summed E-state index contributed by atoms with van der Waals surface area (Å²) in [6, 6.07) is 8.78. The molecule has 3 aliphatic rings. The summed E-state index contributed by atoms with van der Waals surface area (Å²) in [7, 11) is 0. The van der Waals surface area contributed by atoms with Crippen LogP contribution in [0, 0.1) is 0 Å². The molecular weight excluding hydrogens is 477 g/mol. The third-order valence-corrected chi connectivity index (χ3v) is 5.83. The van der Waals surface area contributed by atoms with Crippen molar-refractivity contribution < 1.29 is 5.11 Å². The lowest BCUT2D eigenvalue weighted by Gasteiger charge is -2.47. The molecule has 0 saturated carbocycles. The molecule has 3 N–H and O–H groups in total. The highest BCUT2D eigenvalue weighted by Gasteiger charge is 2.31. The molecule has 2 atom stereocenters. The third kappa shape index (κ3) is 6.80. The predicted molar refractivity (Wildman–Crippen MR) is 131 cm³/mol. The zero-order valence-corrected chi connectivity index (χ0v) is 20.6. The first kappa shape index (κ1) is 24.4. The number of aliphatic imine (C=N–C) groups is 1. The van der Waals surface area contributed by atoms with Gasteiger partial charge in [-0.1, -0.05) is 45.0 Å². The van der Waals surface area contributed by atoms with Gasteiger partial charge in [-0.3, -0.25) is 14.8 Å². The van der Waals surface area contributed by atoms with Gasteiger partial charge >= 0.3 is 0 Å². The van der Waals surface area contributed by atoms with Crippen molar-refractivity contribution in [2.24, 2.45) is 4.99 Å². The van der Waals surface area contributed by atoms with Gasteiger partial charge in [0.1, 0.15) is 0 Å². The van der Waals surface area contributed by atoms with Crippen LogP contribution in [0.4, 0.5) is 0 Å². The molecule has 4 rings (SSSR count). The largest absolute Gasteiger partial charge is 0.386 e. The molecule has 29 heavy (non-hydrogen) atoms. The molecule has 3 aliphatic heterocycles. The predicted octanol–water partition coefficient (Wildman–Crippen LogP) is 2.19. The van der Waals surface area contributed by atoms with Crippen molar-refractivity contribution in [3.05, 3.63) is 35.4 Å². The Morgan fingerprint density at radius 1 is 1.14 bits per heavy atom. The van der Waals surface area contributed by atoms with Gasteiger partial charge in [-0.05, 0) is 23.5 Å². The highest BCUT2D eigenvalue weighted by Crippen LogP contribution is 2.24. The fourth-order valence-electron chi connectivity index (χ4n) is 3.96. The summed E-state index contributed by atoms with van der Waals surface area (Å²) >= 11 is 0.